The molecule has 0 radical (unpaired) electrons. The molecule has 1 aromatic rings. The lowest BCUT2D eigenvalue weighted by Gasteiger charge is -2.43. The van der Waals surface area contributed by atoms with Gasteiger partial charge in [0.25, 0.3) is 0 Å². The fourth-order valence-corrected chi connectivity index (χ4v) is 5.01. The van der Waals surface area contributed by atoms with Gasteiger partial charge in [0.2, 0.25) is 10.0 Å². The lowest BCUT2D eigenvalue weighted by Crippen LogP contribution is -2.64. The molecule has 8 nitrogen and oxygen atoms in total. The number of carbonyl (C=O) groups excluding carboxylic acids is 1. The van der Waals surface area contributed by atoms with E-state index in [1.807, 2.05) is 10.8 Å². The van der Waals surface area contributed by atoms with E-state index in [2.05, 4.69) is 4.74 Å². The largest absolute Gasteiger partial charge is 0.573 e. The number of hydrogen-bond donors (Lipinski definition) is 2. The van der Waals surface area contributed by atoms with Crippen LogP contribution >= 0.6 is 0 Å². The first-order valence-electron chi connectivity index (χ1n) is 9.88. The molecule has 2 fully saturated rings. The molecule has 2 N–H and O–H groups in total. The molecule has 0 atom stereocenters. The molecule has 186 valence electrons. The molecule has 33 heavy (non-hydrogen) atoms. The number of nitrogens with one attached hydrogen (secondary N) is 2. The molecule has 1 saturated carbocycles. The molecule has 1 saturated heterocycles. The molecule has 0 bridgehead atoms. The Morgan fingerprint density at radius 3 is 2.06 bits per heavy atom. The highest BCUT2D eigenvalue weighted by Gasteiger charge is 2.59. The van der Waals surface area contributed by atoms with Gasteiger partial charge < -0.3 is 10.1 Å². The Kier molecular flexibility index (Phi) is 7.05. The molecule has 1 heterocycles. The Bertz CT molecular complexity index is 940. The van der Waals surface area contributed by atoms with Gasteiger partial charge in [-0.2, -0.15) is 17.5 Å². The fraction of sp³-hybridized carbons (Fsp3) is 0.611. The number of sulfonamides is 1. The minimum Gasteiger partial charge on any atom is -0.406 e. The highest BCUT2D eigenvalue weighted by atomic mass is 32.2. The van der Waals surface area contributed by atoms with Gasteiger partial charge in [0.1, 0.15) is 11.3 Å². The molecule has 1 aliphatic carbocycles. The summed E-state index contributed by atoms with van der Waals surface area (Å²) in [6.45, 7) is -0.0484. The second-order valence-electron chi connectivity index (χ2n) is 7.73. The average molecular weight is 505 g/mol. The van der Waals surface area contributed by atoms with Crippen molar-refractivity contribution in [3.8, 4) is 5.75 Å². The standard InChI is InChI=1S/C18H21F6N3O5S/c19-17(20,21)16(8-1-9-16)25-15(28)26-32-13-6-10-27(11-7-13)33(29,30)14-4-2-12(3-5-14)31-18(22,23)24/h2-5,13H,1,6-11H2,(H2,25,26,28). The molecule has 3 rings (SSSR count). The molecule has 0 aromatic heterocycles. The summed E-state index contributed by atoms with van der Waals surface area (Å²) in [6.07, 6.45) is -9.94. The summed E-state index contributed by atoms with van der Waals surface area (Å²) in [5, 5.41) is 1.90. The summed E-state index contributed by atoms with van der Waals surface area (Å²) in [7, 11) is -4.00. The van der Waals surface area contributed by atoms with E-state index in [1.54, 1.807) is 0 Å². The van der Waals surface area contributed by atoms with Crippen LogP contribution in [0.1, 0.15) is 32.1 Å². The molecular formula is C18H21F6N3O5S. The number of alkyl halides is 6. The van der Waals surface area contributed by atoms with Gasteiger partial charge in [-0.15, -0.1) is 13.2 Å². The van der Waals surface area contributed by atoms with Crippen LogP contribution in [-0.4, -0.2) is 56.0 Å². The Morgan fingerprint density at radius 2 is 1.61 bits per heavy atom. The van der Waals surface area contributed by atoms with Gasteiger partial charge in [-0.25, -0.2) is 18.7 Å². The lowest BCUT2D eigenvalue weighted by molar-refractivity contribution is -0.274. The van der Waals surface area contributed by atoms with Crippen LogP contribution in [0.15, 0.2) is 29.2 Å². The molecular weight excluding hydrogens is 484 g/mol. The van der Waals surface area contributed by atoms with Crippen LogP contribution in [0.5, 0.6) is 5.75 Å². The number of halogens is 6. The fourth-order valence-electron chi connectivity index (χ4n) is 3.54. The van der Waals surface area contributed by atoms with Gasteiger partial charge in [0.15, 0.2) is 0 Å². The van der Waals surface area contributed by atoms with Crippen LogP contribution < -0.4 is 15.5 Å². The second-order valence-corrected chi connectivity index (χ2v) is 9.67. The SMILES string of the molecule is O=C(NOC1CCN(S(=O)(=O)c2ccc(OC(F)(F)F)cc2)CC1)NC1(C(F)(F)F)CCC1. The highest BCUT2D eigenvalue weighted by molar-refractivity contribution is 7.89. The molecule has 0 unspecified atom stereocenters. The first-order chi connectivity index (χ1) is 15.2. The number of ether oxygens (including phenoxy) is 1. The zero-order valence-corrected chi connectivity index (χ0v) is 17.8. The molecule has 15 heteroatoms. The first kappa shape index (κ1) is 25.4. The van der Waals surface area contributed by atoms with E-state index in [9.17, 15) is 39.6 Å². The maximum absolute atomic E-state index is 13.1. The Morgan fingerprint density at radius 1 is 1.03 bits per heavy atom. The van der Waals surface area contributed by atoms with Crippen molar-refractivity contribution in [1.82, 2.24) is 15.1 Å². The van der Waals surface area contributed by atoms with E-state index >= 15 is 0 Å². The van der Waals surface area contributed by atoms with Crippen LogP contribution in [0.4, 0.5) is 31.1 Å². The van der Waals surface area contributed by atoms with E-state index in [1.165, 1.54) is 0 Å². The molecule has 2 aliphatic rings. The monoisotopic (exact) mass is 505 g/mol. The van der Waals surface area contributed by atoms with Gasteiger partial charge >= 0.3 is 18.6 Å². The van der Waals surface area contributed by atoms with E-state index in [-0.39, 0.29) is 43.7 Å². The van der Waals surface area contributed by atoms with E-state index in [0.29, 0.717) is 6.42 Å². The number of carbonyl (C=O) groups is 1. The summed E-state index contributed by atoms with van der Waals surface area (Å²) in [6, 6.07) is 2.61. The maximum atomic E-state index is 13.1. The minimum absolute atomic E-state index is 0.0242. The summed E-state index contributed by atoms with van der Waals surface area (Å²) < 4.78 is 106. The molecule has 1 aliphatic heterocycles. The third-order valence-corrected chi connectivity index (χ3v) is 7.43. The number of nitrogens with zero attached hydrogens (tertiary/aromatic N) is 1. The summed E-state index contributed by atoms with van der Waals surface area (Å²) in [5.41, 5.74) is -0.331. The summed E-state index contributed by atoms with van der Waals surface area (Å²) >= 11 is 0. The molecule has 2 amide bonds. The Balaban J connectivity index is 1.48. The van der Waals surface area contributed by atoms with E-state index in [4.69, 9.17) is 4.84 Å². The van der Waals surface area contributed by atoms with Gasteiger partial charge in [-0.1, -0.05) is 0 Å². The topological polar surface area (TPSA) is 97.0 Å². The normalized spacial score (nSPS) is 20.1. The number of hydroxylamine groups is 1. The van der Waals surface area contributed by atoms with Gasteiger partial charge in [-0.3, -0.25) is 4.84 Å². The number of hydrogen-bond acceptors (Lipinski definition) is 5. The molecule has 1 aromatic carbocycles. The first-order valence-corrected chi connectivity index (χ1v) is 11.3. The quantitative estimate of drug-likeness (QED) is 0.456. The van der Waals surface area contributed by atoms with E-state index in [0.717, 1.165) is 28.6 Å². The number of piperidine rings is 1. The van der Waals surface area contributed by atoms with Gasteiger partial charge in [0.05, 0.1) is 11.0 Å². The smallest absolute Gasteiger partial charge is 0.406 e. The van der Waals surface area contributed by atoms with Crippen LogP contribution in [0.3, 0.4) is 0 Å². The van der Waals surface area contributed by atoms with Crippen LogP contribution in [0, 0.1) is 0 Å². The predicted octanol–water partition coefficient (Wildman–Crippen LogP) is 3.45. The van der Waals surface area contributed by atoms with Crippen molar-refractivity contribution in [3.63, 3.8) is 0 Å². The number of rotatable bonds is 6. The van der Waals surface area contributed by atoms with Crippen molar-refractivity contribution in [1.29, 1.82) is 0 Å². The molecule has 0 spiro atoms. The van der Waals surface area contributed by atoms with Crippen molar-refractivity contribution >= 4 is 16.1 Å². The average Bonchev–Trinajstić information content (AvgIpc) is 2.67. The number of urea groups is 1. The van der Waals surface area contributed by atoms with Crippen LogP contribution in [0.2, 0.25) is 0 Å². The lowest BCUT2D eigenvalue weighted by atomic mass is 9.76. The zero-order chi connectivity index (χ0) is 24.5. The van der Waals surface area contributed by atoms with Crippen molar-refractivity contribution in [2.45, 2.75) is 61.2 Å². The Labute approximate surface area is 185 Å². The number of benzene rings is 1. The van der Waals surface area contributed by atoms with Crippen molar-refractivity contribution in [2.24, 2.45) is 0 Å². The highest BCUT2D eigenvalue weighted by Crippen LogP contribution is 2.45. The summed E-state index contributed by atoms with van der Waals surface area (Å²) in [4.78, 5) is 16.7. The van der Waals surface area contributed by atoms with Gasteiger partial charge in [0, 0.05) is 13.1 Å². The van der Waals surface area contributed by atoms with Gasteiger partial charge in [-0.05, 0) is 56.4 Å². The van der Waals surface area contributed by atoms with Crippen molar-refractivity contribution < 1.29 is 49.1 Å². The van der Waals surface area contributed by atoms with E-state index < -0.39 is 46.0 Å². The summed E-state index contributed by atoms with van der Waals surface area (Å²) in [5.74, 6) is -0.563. The van der Waals surface area contributed by atoms with Crippen LogP contribution in [-0.2, 0) is 14.9 Å². The maximum Gasteiger partial charge on any atom is 0.573 e. The predicted molar refractivity (Wildman–Crippen MR) is 100 cm³/mol. The number of amides is 2. The second kappa shape index (κ2) is 9.18. The zero-order valence-electron chi connectivity index (χ0n) is 17.0. The van der Waals surface area contributed by atoms with Crippen molar-refractivity contribution in [2.75, 3.05) is 13.1 Å². The van der Waals surface area contributed by atoms with Crippen LogP contribution in [0.25, 0.3) is 0 Å². The van der Waals surface area contributed by atoms with Crippen molar-refractivity contribution in [3.05, 3.63) is 24.3 Å². The Hall–Kier alpha value is -2.26. The third-order valence-electron chi connectivity index (χ3n) is 5.52. The minimum atomic E-state index is -4.90. The third kappa shape index (κ3) is 6.00.